The maximum absolute atomic E-state index is 13.2. The standard InChI is InChI=1S/C10H7BrF4N2O2/c11-5-3-7(8(17(18)19)4-6(5)12)16-9(1-2-9)10(13,14)15/h3-4,16H,1-2H2. The van der Waals surface area contributed by atoms with Crippen LogP contribution in [0.25, 0.3) is 0 Å². The molecule has 1 aromatic rings. The number of halogens is 5. The predicted octanol–water partition coefficient (Wildman–Crippen LogP) is 4.00. The monoisotopic (exact) mass is 342 g/mol. The summed E-state index contributed by atoms with van der Waals surface area (Å²) >= 11 is 2.79. The molecule has 19 heavy (non-hydrogen) atoms. The highest BCUT2D eigenvalue weighted by Gasteiger charge is 2.64. The van der Waals surface area contributed by atoms with Crippen LogP contribution in [0, 0.1) is 15.9 Å². The number of nitro benzene ring substituents is 1. The Kier molecular flexibility index (Phi) is 3.20. The van der Waals surface area contributed by atoms with Crippen LogP contribution in [0.2, 0.25) is 0 Å². The summed E-state index contributed by atoms with van der Waals surface area (Å²) in [4.78, 5) is 9.82. The molecule has 0 atom stereocenters. The first kappa shape index (κ1) is 14.0. The van der Waals surface area contributed by atoms with Crippen LogP contribution in [0.5, 0.6) is 0 Å². The van der Waals surface area contributed by atoms with Crippen LogP contribution in [0.1, 0.15) is 12.8 Å². The van der Waals surface area contributed by atoms with Gasteiger partial charge in [0.05, 0.1) is 15.5 Å². The Bertz CT molecular complexity index is 543. The van der Waals surface area contributed by atoms with Gasteiger partial charge in [0.2, 0.25) is 0 Å². The van der Waals surface area contributed by atoms with E-state index in [1.807, 2.05) is 0 Å². The Morgan fingerprint density at radius 2 is 1.95 bits per heavy atom. The van der Waals surface area contributed by atoms with Gasteiger partial charge in [-0.2, -0.15) is 13.2 Å². The van der Waals surface area contributed by atoms with Gasteiger partial charge >= 0.3 is 6.18 Å². The molecule has 4 nitrogen and oxygen atoms in total. The van der Waals surface area contributed by atoms with Gasteiger partial charge in [-0.1, -0.05) is 0 Å². The first-order valence-electron chi connectivity index (χ1n) is 5.15. The molecular formula is C10H7BrF4N2O2. The summed E-state index contributed by atoms with van der Waals surface area (Å²) in [6.45, 7) is 0. The smallest absolute Gasteiger partial charge is 0.366 e. The molecule has 0 radical (unpaired) electrons. The van der Waals surface area contributed by atoms with E-state index >= 15 is 0 Å². The van der Waals surface area contributed by atoms with E-state index in [0.717, 1.165) is 6.07 Å². The van der Waals surface area contributed by atoms with Gasteiger partial charge in [0.25, 0.3) is 5.69 Å². The van der Waals surface area contributed by atoms with Crippen molar-refractivity contribution in [3.05, 3.63) is 32.5 Å². The predicted molar refractivity (Wildman–Crippen MR) is 62.4 cm³/mol. The quantitative estimate of drug-likeness (QED) is 0.513. The lowest BCUT2D eigenvalue weighted by molar-refractivity contribution is -0.384. The van der Waals surface area contributed by atoms with Crippen LogP contribution in [0.15, 0.2) is 16.6 Å². The van der Waals surface area contributed by atoms with Crippen molar-refractivity contribution in [2.45, 2.75) is 24.6 Å². The summed E-state index contributed by atoms with van der Waals surface area (Å²) in [6.07, 6.45) is -4.84. The average Bonchev–Trinajstić information content (AvgIpc) is 3.03. The normalized spacial score (nSPS) is 17.1. The summed E-state index contributed by atoms with van der Waals surface area (Å²) in [5.41, 5.74) is -3.22. The van der Waals surface area contributed by atoms with Gasteiger partial charge < -0.3 is 5.32 Å². The van der Waals surface area contributed by atoms with Crippen LogP contribution in [-0.2, 0) is 0 Å². The van der Waals surface area contributed by atoms with Crippen molar-refractivity contribution in [3.63, 3.8) is 0 Å². The second-order valence-corrected chi connectivity index (χ2v) is 5.10. The number of alkyl halides is 3. The van der Waals surface area contributed by atoms with Crippen molar-refractivity contribution < 1.29 is 22.5 Å². The Labute approximate surface area is 113 Å². The van der Waals surface area contributed by atoms with Crippen molar-refractivity contribution in [2.75, 3.05) is 5.32 Å². The number of anilines is 1. The molecule has 1 aliphatic rings. The summed E-state index contributed by atoms with van der Waals surface area (Å²) in [5, 5.41) is 12.9. The van der Waals surface area contributed by atoms with Crippen molar-refractivity contribution in [3.8, 4) is 0 Å². The van der Waals surface area contributed by atoms with E-state index in [4.69, 9.17) is 0 Å². The van der Waals surface area contributed by atoms with Crippen LogP contribution in [0.3, 0.4) is 0 Å². The van der Waals surface area contributed by atoms with E-state index in [1.54, 1.807) is 0 Å². The third-order valence-electron chi connectivity index (χ3n) is 2.90. The fourth-order valence-corrected chi connectivity index (χ4v) is 1.99. The van der Waals surface area contributed by atoms with Gasteiger partial charge in [0.1, 0.15) is 17.0 Å². The van der Waals surface area contributed by atoms with E-state index in [2.05, 4.69) is 21.2 Å². The molecule has 0 amide bonds. The largest absolute Gasteiger partial charge is 0.411 e. The molecule has 1 fully saturated rings. The minimum atomic E-state index is -4.51. The topological polar surface area (TPSA) is 55.2 Å². The molecule has 0 spiro atoms. The molecule has 1 aliphatic carbocycles. The summed E-state index contributed by atoms with van der Waals surface area (Å²) < 4.78 is 51.4. The van der Waals surface area contributed by atoms with Crippen molar-refractivity contribution in [1.29, 1.82) is 0 Å². The zero-order chi connectivity index (χ0) is 14.4. The zero-order valence-electron chi connectivity index (χ0n) is 9.22. The molecule has 1 N–H and O–H groups in total. The first-order valence-corrected chi connectivity index (χ1v) is 5.94. The number of benzene rings is 1. The fourth-order valence-electron chi connectivity index (χ4n) is 1.65. The van der Waals surface area contributed by atoms with E-state index in [0.29, 0.717) is 6.07 Å². The van der Waals surface area contributed by atoms with E-state index in [9.17, 15) is 27.7 Å². The molecule has 1 aromatic carbocycles. The van der Waals surface area contributed by atoms with Crippen molar-refractivity contribution in [1.82, 2.24) is 0 Å². The van der Waals surface area contributed by atoms with Gasteiger partial charge in [-0.15, -0.1) is 0 Å². The molecule has 0 saturated heterocycles. The zero-order valence-corrected chi connectivity index (χ0v) is 10.8. The SMILES string of the molecule is O=[N+]([O-])c1cc(F)c(Br)cc1NC1(C(F)(F)F)CC1. The fraction of sp³-hybridized carbons (Fsp3) is 0.400. The molecule has 0 heterocycles. The van der Waals surface area contributed by atoms with Gasteiger partial charge in [-0.05, 0) is 34.8 Å². The minimum absolute atomic E-state index is 0.140. The molecule has 1 saturated carbocycles. The maximum atomic E-state index is 13.2. The Morgan fingerprint density at radius 3 is 2.37 bits per heavy atom. The lowest BCUT2D eigenvalue weighted by Gasteiger charge is -2.21. The molecular weight excluding hydrogens is 336 g/mol. The van der Waals surface area contributed by atoms with Crippen molar-refractivity contribution in [2.24, 2.45) is 0 Å². The van der Waals surface area contributed by atoms with Crippen LogP contribution < -0.4 is 5.32 Å². The molecule has 104 valence electrons. The second kappa shape index (κ2) is 4.32. The maximum Gasteiger partial charge on any atom is 0.411 e. The molecule has 2 rings (SSSR count). The molecule has 0 unspecified atom stereocenters. The Hall–Kier alpha value is -1.38. The van der Waals surface area contributed by atoms with Crippen LogP contribution in [0.4, 0.5) is 28.9 Å². The number of nitrogens with one attached hydrogen (secondary N) is 1. The minimum Gasteiger partial charge on any atom is -0.366 e. The van der Waals surface area contributed by atoms with E-state index in [-0.39, 0.29) is 23.0 Å². The number of nitro groups is 1. The summed E-state index contributed by atoms with van der Waals surface area (Å²) in [7, 11) is 0. The van der Waals surface area contributed by atoms with Gasteiger partial charge in [0, 0.05) is 0 Å². The average molecular weight is 343 g/mol. The van der Waals surface area contributed by atoms with E-state index in [1.165, 1.54) is 0 Å². The Morgan fingerprint density at radius 1 is 1.37 bits per heavy atom. The number of nitrogens with zero attached hydrogens (tertiary/aromatic N) is 1. The number of hydrogen-bond donors (Lipinski definition) is 1. The molecule has 9 heteroatoms. The lowest BCUT2D eigenvalue weighted by Crippen LogP contribution is -2.38. The highest BCUT2D eigenvalue weighted by Crippen LogP contribution is 2.52. The number of rotatable bonds is 3. The third-order valence-corrected chi connectivity index (χ3v) is 3.51. The summed E-state index contributed by atoms with van der Waals surface area (Å²) in [6, 6.07) is 1.53. The molecule has 0 aliphatic heterocycles. The highest BCUT2D eigenvalue weighted by molar-refractivity contribution is 9.10. The highest BCUT2D eigenvalue weighted by atomic mass is 79.9. The first-order chi connectivity index (χ1) is 8.66. The lowest BCUT2D eigenvalue weighted by atomic mass is 10.2. The van der Waals surface area contributed by atoms with E-state index < -0.39 is 28.1 Å². The van der Waals surface area contributed by atoms with Crippen LogP contribution in [-0.4, -0.2) is 16.6 Å². The van der Waals surface area contributed by atoms with Crippen LogP contribution >= 0.6 is 15.9 Å². The van der Waals surface area contributed by atoms with Gasteiger partial charge in [-0.25, -0.2) is 4.39 Å². The van der Waals surface area contributed by atoms with Gasteiger partial charge in [0.15, 0.2) is 0 Å². The Balaban J connectivity index is 2.40. The van der Waals surface area contributed by atoms with Crippen molar-refractivity contribution >= 4 is 27.3 Å². The second-order valence-electron chi connectivity index (χ2n) is 4.25. The van der Waals surface area contributed by atoms with Gasteiger partial charge in [-0.3, -0.25) is 10.1 Å². The number of hydrogen-bond acceptors (Lipinski definition) is 3. The molecule has 0 aromatic heterocycles. The summed E-state index contributed by atoms with van der Waals surface area (Å²) in [5.74, 6) is -0.908. The third kappa shape index (κ3) is 2.51. The molecule has 0 bridgehead atoms.